The minimum Gasteiger partial charge on any atom is -0.356 e. The van der Waals surface area contributed by atoms with Gasteiger partial charge in [-0.3, -0.25) is 9.59 Å². The molecule has 0 heterocycles. The van der Waals surface area contributed by atoms with E-state index in [1.54, 1.807) is 0 Å². The van der Waals surface area contributed by atoms with Crippen LogP contribution in [0.5, 0.6) is 0 Å². The maximum absolute atomic E-state index is 11.6. The molecule has 0 spiro atoms. The van der Waals surface area contributed by atoms with E-state index in [1.165, 1.54) is 5.56 Å². The third-order valence-electron chi connectivity index (χ3n) is 3.23. The summed E-state index contributed by atoms with van der Waals surface area (Å²) in [6.07, 6.45) is 2.60. The lowest BCUT2D eigenvalue weighted by atomic mass is 10.1. The van der Waals surface area contributed by atoms with Crippen LogP contribution in [0.3, 0.4) is 0 Å². The number of carbonyl (C=O) groups excluding carboxylic acids is 2. The summed E-state index contributed by atoms with van der Waals surface area (Å²) < 4.78 is 0. The third kappa shape index (κ3) is 9.13. The van der Waals surface area contributed by atoms with E-state index < -0.39 is 0 Å². The third-order valence-corrected chi connectivity index (χ3v) is 3.23. The summed E-state index contributed by atoms with van der Waals surface area (Å²) in [5, 5.41) is 5.54. The fraction of sp³-hybridized carbons (Fsp3) is 0.529. The van der Waals surface area contributed by atoms with Crippen LogP contribution in [-0.4, -0.2) is 50.4 Å². The number of rotatable bonds is 10. The van der Waals surface area contributed by atoms with Gasteiger partial charge in [-0.25, -0.2) is 0 Å². The predicted octanol–water partition coefficient (Wildman–Crippen LogP) is 1.19. The van der Waals surface area contributed by atoms with Crippen molar-refractivity contribution in [3.05, 3.63) is 35.9 Å². The van der Waals surface area contributed by atoms with Gasteiger partial charge in [-0.2, -0.15) is 0 Å². The average molecular weight is 305 g/mol. The first kappa shape index (κ1) is 18.2. The summed E-state index contributed by atoms with van der Waals surface area (Å²) in [6.45, 7) is 2.13. The molecule has 1 aromatic carbocycles. The van der Waals surface area contributed by atoms with Crippen LogP contribution in [0.2, 0.25) is 0 Å². The number of hydrogen-bond donors (Lipinski definition) is 2. The number of benzene rings is 1. The number of amides is 2. The second kappa shape index (κ2) is 10.8. The zero-order valence-corrected chi connectivity index (χ0v) is 13.6. The largest absolute Gasteiger partial charge is 0.356 e. The van der Waals surface area contributed by atoms with E-state index in [4.69, 9.17) is 0 Å². The molecule has 0 saturated carbocycles. The zero-order valence-electron chi connectivity index (χ0n) is 13.6. The van der Waals surface area contributed by atoms with E-state index in [2.05, 4.69) is 27.7 Å². The molecule has 0 aromatic heterocycles. The summed E-state index contributed by atoms with van der Waals surface area (Å²) in [5.74, 6) is -0.419. The SMILES string of the molecule is CN(C)CCCNC(=O)CC(=O)NCCCc1ccccc1. The molecular formula is C17H27N3O2. The molecule has 0 atom stereocenters. The van der Waals surface area contributed by atoms with Gasteiger partial charge in [0.2, 0.25) is 11.8 Å². The van der Waals surface area contributed by atoms with Crippen LogP contribution < -0.4 is 10.6 Å². The van der Waals surface area contributed by atoms with Crippen LogP contribution >= 0.6 is 0 Å². The summed E-state index contributed by atoms with van der Waals surface area (Å²) in [7, 11) is 3.98. The van der Waals surface area contributed by atoms with Gasteiger partial charge in [0, 0.05) is 13.1 Å². The Bertz CT molecular complexity index is 446. The highest BCUT2D eigenvalue weighted by molar-refractivity contribution is 5.96. The smallest absolute Gasteiger partial charge is 0.229 e. The fourth-order valence-electron chi connectivity index (χ4n) is 2.06. The average Bonchev–Trinajstić information content (AvgIpc) is 2.49. The van der Waals surface area contributed by atoms with E-state index in [0.717, 1.165) is 25.8 Å². The van der Waals surface area contributed by atoms with E-state index in [0.29, 0.717) is 13.1 Å². The molecule has 0 saturated heterocycles. The summed E-state index contributed by atoms with van der Waals surface area (Å²) in [5.41, 5.74) is 1.26. The van der Waals surface area contributed by atoms with E-state index in [9.17, 15) is 9.59 Å². The van der Waals surface area contributed by atoms with Crippen molar-refractivity contribution in [3.8, 4) is 0 Å². The van der Waals surface area contributed by atoms with Crippen LogP contribution in [0.4, 0.5) is 0 Å². The second-order valence-electron chi connectivity index (χ2n) is 5.62. The van der Waals surface area contributed by atoms with Gasteiger partial charge in [-0.15, -0.1) is 0 Å². The molecule has 1 rings (SSSR count). The van der Waals surface area contributed by atoms with Crippen LogP contribution in [0, 0.1) is 0 Å². The van der Waals surface area contributed by atoms with Crippen molar-refractivity contribution < 1.29 is 9.59 Å². The molecule has 22 heavy (non-hydrogen) atoms. The molecule has 5 nitrogen and oxygen atoms in total. The Morgan fingerprint density at radius 1 is 0.955 bits per heavy atom. The number of aryl methyl sites for hydroxylation is 1. The fourth-order valence-corrected chi connectivity index (χ4v) is 2.06. The summed E-state index contributed by atoms with van der Waals surface area (Å²) >= 11 is 0. The molecule has 2 amide bonds. The lowest BCUT2D eigenvalue weighted by Gasteiger charge is -2.10. The van der Waals surface area contributed by atoms with Crippen LogP contribution in [-0.2, 0) is 16.0 Å². The maximum atomic E-state index is 11.6. The minimum atomic E-state index is -0.210. The van der Waals surface area contributed by atoms with Crippen molar-refractivity contribution in [3.63, 3.8) is 0 Å². The van der Waals surface area contributed by atoms with Gasteiger partial charge >= 0.3 is 0 Å². The van der Waals surface area contributed by atoms with Crippen molar-refractivity contribution >= 4 is 11.8 Å². The first-order valence-corrected chi connectivity index (χ1v) is 7.80. The number of carbonyl (C=O) groups is 2. The number of nitrogens with zero attached hydrogens (tertiary/aromatic N) is 1. The Morgan fingerprint density at radius 2 is 1.55 bits per heavy atom. The first-order chi connectivity index (χ1) is 10.6. The molecule has 0 aliphatic heterocycles. The molecule has 0 aliphatic rings. The summed E-state index contributed by atoms with van der Waals surface area (Å²) in [4.78, 5) is 25.3. The lowest BCUT2D eigenvalue weighted by molar-refractivity contribution is -0.129. The van der Waals surface area contributed by atoms with Crippen LogP contribution in [0.1, 0.15) is 24.8 Å². The maximum Gasteiger partial charge on any atom is 0.229 e. The highest BCUT2D eigenvalue weighted by atomic mass is 16.2. The second-order valence-corrected chi connectivity index (χ2v) is 5.62. The Morgan fingerprint density at radius 3 is 2.14 bits per heavy atom. The summed E-state index contributed by atoms with van der Waals surface area (Å²) in [6, 6.07) is 10.2. The van der Waals surface area contributed by atoms with Crippen molar-refractivity contribution in [1.82, 2.24) is 15.5 Å². The van der Waals surface area contributed by atoms with Crippen molar-refractivity contribution in [2.24, 2.45) is 0 Å². The van der Waals surface area contributed by atoms with Gasteiger partial charge in [0.15, 0.2) is 0 Å². The van der Waals surface area contributed by atoms with Crippen molar-refractivity contribution in [2.75, 3.05) is 33.7 Å². The standard InChI is InChI=1S/C17H27N3O2/c1-20(2)13-7-12-19-17(22)14-16(21)18-11-6-10-15-8-4-3-5-9-15/h3-5,8-9H,6-7,10-14H2,1-2H3,(H,18,21)(H,19,22). The molecule has 1 aromatic rings. The number of nitrogens with one attached hydrogen (secondary N) is 2. The van der Waals surface area contributed by atoms with Gasteiger partial charge in [0.05, 0.1) is 0 Å². The molecule has 0 fully saturated rings. The molecular weight excluding hydrogens is 278 g/mol. The monoisotopic (exact) mass is 305 g/mol. The number of hydrogen-bond acceptors (Lipinski definition) is 3. The Kier molecular flexibility index (Phi) is 8.91. The van der Waals surface area contributed by atoms with Crippen LogP contribution in [0.15, 0.2) is 30.3 Å². The molecule has 122 valence electrons. The molecule has 0 radical (unpaired) electrons. The molecule has 2 N–H and O–H groups in total. The van der Waals surface area contributed by atoms with Gasteiger partial charge in [-0.1, -0.05) is 30.3 Å². The zero-order chi connectivity index (χ0) is 16.2. The normalized spacial score (nSPS) is 10.5. The Balaban J connectivity index is 2.04. The van der Waals surface area contributed by atoms with Gasteiger partial charge < -0.3 is 15.5 Å². The van der Waals surface area contributed by atoms with E-state index in [-0.39, 0.29) is 18.2 Å². The quantitative estimate of drug-likeness (QED) is 0.504. The lowest BCUT2D eigenvalue weighted by Crippen LogP contribution is -2.33. The van der Waals surface area contributed by atoms with Gasteiger partial charge in [0.1, 0.15) is 6.42 Å². The molecule has 0 aliphatic carbocycles. The predicted molar refractivity (Wildman–Crippen MR) is 88.6 cm³/mol. The molecule has 5 heteroatoms. The topological polar surface area (TPSA) is 61.4 Å². The first-order valence-electron chi connectivity index (χ1n) is 7.80. The van der Waals surface area contributed by atoms with Gasteiger partial charge in [0.25, 0.3) is 0 Å². The molecule has 0 unspecified atom stereocenters. The Hall–Kier alpha value is -1.88. The van der Waals surface area contributed by atoms with Crippen molar-refractivity contribution in [1.29, 1.82) is 0 Å². The van der Waals surface area contributed by atoms with E-state index in [1.807, 2.05) is 32.3 Å². The highest BCUT2D eigenvalue weighted by Gasteiger charge is 2.08. The van der Waals surface area contributed by atoms with Gasteiger partial charge in [-0.05, 0) is 45.5 Å². The minimum absolute atomic E-state index is 0.0900. The molecule has 0 bridgehead atoms. The highest BCUT2D eigenvalue weighted by Crippen LogP contribution is 2.01. The van der Waals surface area contributed by atoms with Crippen molar-refractivity contribution in [2.45, 2.75) is 25.7 Å². The van der Waals surface area contributed by atoms with E-state index >= 15 is 0 Å². The Labute approximate surface area is 133 Å². The van der Waals surface area contributed by atoms with Crippen LogP contribution in [0.25, 0.3) is 0 Å².